The SMILES string of the molecule is Cc1ccc(C(C)(CO)Nc2ccccc2Cl)c(C)c1. The maximum atomic E-state index is 9.88. The lowest BCUT2D eigenvalue weighted by molar-refractivity contribution is 0.223. The number of anilines is 1. The topological polar surface area (TPSA) is 32.3 Å². The molecule has 2 N–H and O–H groups in total. The van der Waals surface area contributed by atoms with Gasteiger partial charge in [-0.1, -0.05) is 47.5 Å². The molecule has 0 amide bonds. The molecule has 0 radical (unpaired) electrons. The molecule has 0 aliphatic rings. The first-order valence-electron chi connectivity index (χ1n) is 6.67. The summed E-state index contributed by atoms with van der Waals surface area (Å²) in [5.74, 6) is 0. The van der Waals surface area contributed by atoms with Crippen molar-refractivity contribution in [3.63, 3.8) is 0 Å². The molecule has 106 valence electrons. The number of hydrogen-bond acceptors (Lipinski definition) is 2. The summed E-state index contributed by atoms with van der Waals surface area (Å²) in [6.45, 7) is 6.09. The van der Waals surface area contributed by atoms with Gasteiger partial charge in [-0.2, -0.15) is 0 Å². The smallest absolute Gasteiger partial charge is 0.0831 e. The van der Waals surface area contributed by atoms with Gasteiger partial charge in [0, 0.05) is 0 Å². The molecule has 0 saturated carbocycles. The molecule has 2 aromatic rings. The number of benzene rings is 2. The average Bonchev–Trinajstić information content (AvgIpc) is 2.41. The average molecular weight is 290 g/mol. The minimum absolute atomic E-state index is 0.0118. The largest absolute Gasteiger partial charge is 0.394 e. The van der Waals surface area contributed by atoms with Gasteiger partial charge in [0.05, 0.1) is 22.9 Å². The van der Waals surface area contributed by atoms with Crippen LogP contribution in [0.25, 0.3) is 0 Å². The van der Waals surface area contributed by atoms with Gasteiger partial charge in [-0.3, -0.25) is 0 Å². The molecule has 20 heavy (non-hydrogen) atoms. The van der Waals surface area contributed by atoms with Crippen LogP contribution in [-0.2, 0) is 5.54 Å². The number of hydrogen-bond donors (Lipinski definition) is 2. The Morgan fingerprint density at radius 2 is 1.85 bits per heavy atom. The van der Waals surface area contributed by atoms with Crippen LogP contribution in [0.5, 0.6) is 0 Å². The van der Waals surface area contributed by atoms with Gasteiger partial charge < -0.3 is 10.4 Å². The fourth-order valence-electron chi connectivity index (χ4n) is 2.48. The third-order valence-corrected chi connectivity index (χ3v) is 3.91. The van der Waals surface area contributed by atoms with Crippen LogP contribution in [-0.4, -0.2) is 11.7 Å². The molecule has 2 nitrogen and oxygen atoms in total. The van der Waals surface area contributed by atoms with E-state index in [1.54, 1.807) is 0 Å². The van der Waals surface area contributed by atoms with E-state index in [4.69, 9.17) is 11.6 Å². The van der Waals surface area contributed by atoms with Gasteiger partial charge >= 0.3 is 0 Å². The number of nitrogens with one attached hydrogen (secondary N) is 1. The Labute approximate surface area is 125 Å². The number of aryl methyl sites for hydroxylation is 2. The monoisotopic (exact) mass is 289 g/mol. The van der Waals surface area contributed by atoms with E-state index < -0.39 is 5.54 Å². The van der Waals surface area contributed by atoms with E-state index in [9.17, 15) is 5.11 Å². The lowest BCUT2D eigenvalue weighted by atomic mass is 9.88. The highest BCUT2D eigenvalue weighted by atomic mass is 35.5. The highest BCUT2D eigenvalue weighted by Crippen LogP contribution is 2.31. The Balaban J connectivity index is 2.41. The van der Waals surface area contributed by atoms with Crippen molar-refractivity contribution >= 4 is 17.3 Å². The second-order valence-electron chi connectivity index (χ2n) is 5.41. The van der Waals surface area contributed by atoms with E-state index in [2.05, 4.69) is 37.4 Å². The third-order valence-electron chi connectivity index (χ3n) is 3.58. The van der Waals surface area contributed by atoms with Crippen LogP contribution in [0.2, 0.25) is 5.02 Å². The molecule has 0 spiro atoms. The fraction of sp³-hybridized carbons (Fsp3) is 0.294. The van der Waals surface area contributed by atoms with E-state index in [1.165, 1.54) is 5.56 Å². The van der Waals surface area contributed by atoms with Crippen LogP contribution in [0.4, 0.5) is 5.69 Å². The zero-order valence-corrected chi connectivity index (χ0v) is 12.8. The van der Waals surface area contributed by atoms with Gasteiger partial charge in [0.25, 0.3) is 0 Å². The first-order valence-corrected chi connectivity index (χ1v) is 7.05. The highest BCUT2D eigenvalue weighted by molar-refractivity contribution is 6.33. The quantitative estimate of drug-likeness (QED) is 0.881. The molecule has 1 atom stereocenters. The van der Waals surface area contributed by atoms with E-state index in [0.717, 1.165) is 16.8 Å². The number of aliphatic hydroxyl groups is 1. The third kappa shape index (κ3) is 2.97. The summed E-state index contributed by atoms with van der Waals surface area (Å²) in [6.07, 6.45) is 0. The Morgan fingerprint density at radius 3 is 2.45 bits per heavy atom. The Kier molecular flexibility index (Phi) is 4.36. The van der Waals surface area contributed by atoms with Gasteiger partial charge in [0.15, 0.2) is 0 Å². The van der Waals surface area contributed by atoms with Crippen LogP contribution in [0.1, 0.15) is 23.6 Å². The number of para-hydroxylation sites is 1. The van der Waals surface area contributed by atoms with Crippen molar-refractivity contribution in [2.75, 3.05) is 11.9 Å². The first-order chi connectivity index (χ1) is 9.46. The molecule has 1 unspecified atom stereocenters. The van der Waals surface area contributed by atoms with Crippen molar-refractivity contribution in [3.05, 3.63) is 64.2 Å². The molecule has 0 bridgehead atoms. The van der Waals surface area contributed by atoms with Crippen molar-refractivity contribution < 1.29 is 5.11 Å². The van der Waals surface area contributed by atoms with E-state index in [-0.39, 0.29) is 6.61 Å². The summed E-state index contributed by atoms with van der Waals surface area (Å²) >= 11 is 6.20. The van der Waals surface area contributed by atoms with Gasteiger partial charge in [-0.25, -0.2) is 0 Å². The molecule has 0 aromatic heterocycles. The maximum Gasteiger partial charge on any atom is 0.0831 e. The van der Waals surface area contributed by atoms with Crippen molar-refractivity contribution in [1.29, 1.82) is 0 Å². The molecular weight excluding hydrogens is 270 g/mol. The molecule has 0 aliphatic carbocycles. The van der Waals surface area contributed by atoms with Crippen LogP contribution < -0.4 is 5.32 Å². The zero-order chi connectivity index (χ0) is 14.8. The van der Waals surface area contributed by atoms with E-state index >= 15 is 0 Å². The summed E-state index contributed by atoms with van der Waals surface area (Å²) in [5.41, 5.74) is 3.70. The fourth-order valence-corrected chi connectivity index (χ4v) is 2.67. The van der Waals surface area contributed by atoms with Gasteiger partial charge in [-0.05, 0) is 44.0 Å². The van der Waals surface area contributed by atoms with Crippen molar-refractivity contribution in [3.8, 4) is 0 Å². The summed E-state index contributed by atoms with van der Waals surface area (Å²) in [7, 11) is 0. The summed E-state index contributed by atoms with van der Waals surface area (Å²) in [5, 5.41) is 13.9. The minimum Gasteiger partial charge on any atom is -0.394 e. The lowest BCUT2D eigenvalue weighted by Crippen LogP contribution is -2.36. The molecule has 0 saturated heterocycles. The van der Waals surface area contributed by atoms with E-state index in [0.29, 0.717) is 5.02 Å². The predicted octanol–water partition coefficient (Wildman–Crippen LogP) is 4.28. The molecule has 3 heteroatoms. The second-order valence-corrected chi connectivity index (χ2v) is 5.82. The summed E-state index contributed by atoms with van der Waals surface area (Å²) in [4.78, 5) is 0. The van der Waals surface area contributed by atoms with Crippen molar-refractivity contribution in [1.82, 2.24) is 0 Å². The number of halogens is 1. The molecule has 0 aliphatic heterocycles. The van der Waals surface area contributed by atoms with E-state index in [1.807, 2.05) is 31.2 Å². The van der Waals surface area contributed by atoms with Gasteiger partial charge in [0.2, 0.25) is 0 Å². The van der Waals surface area contributed by atoms with Crippen molar-refractivity contribution in [2.24, 2.45) is 0 Å². The first kappa shape index (κ1) is 14.9. The maximum absolute atomic E-state index is 9.88. The lowest BCUT2D eigenvalue weighted by Gasteiger charge is -2.32. The van der Waals surface area contributed by atoms with Gasteiger partial charge in [-0.15, -0.1) is 0 Å². The normalized spacial score (nSPS) is 13.8. The Morgan fingerprint density at radius 1 is 1.15 bits per heavy atom. The number of rotatable bonds is 4. The molecule has 2 rings (SSSR count). The minimum atomic E-state index is -0.567. The van der Waals surface area contributed by atoms with Crippen LogP contribution in [0, 0.1) is 13.8 Å². The Bertz CT molecular complexity index is 612. The highest BCUT2D eigenvalue weighted by Gasteiger charge is 2.27. The Hall–Kier alpha value is -1.51. The molecular formula is C17H20ClNO. The van der Waals surface area contributed by atoms with Crippen molar-refractivity contribution in [2.45, 2.75) is 26.3 Å². The zero-order valence-electron chi connectivity index (χ0n) is 12.1. The molecule has 0 heterocycles. The predicted molar refractivity (Wildman–Crippen MR) is 85.4 cm³/mol. The summed E-state index contributed by atoms with van der Waals surface area (Å²) < 4.78 is 0. The van der Waals surface area contributed by atoms with Crippen LogP contribution in [0.3, 0.4) is 0 Å². The standard InChI is InChI=1S/C17H20ClNO/c1-12-8-9-14(13(2)10-12)17(3,11-20)19-16-7-5-4-6-15(16)18/h4-10,19-20H,11H2,1-3H3. The number of aliphatic hydroxyl groups excluding tert-OH is 1. The molecule has 0 fully saturated rings. The molecule has 2 aromatic carbocycles. The summed E-state index contributed by atoms with van der Waals surface area (Å²) in [6, 6.07) is 13.8. The van der Waals surface area contributed by atoms with Crippen LogP contribution in [0.15, 0.2) is 42.5 Å². The van der Waals surface area contributed by atoms with Crippen LogP contribution >= 0.6 is 11.6 Å². The van der Waals surface area contributed by atoms with Gasteiger partial charge in [0.1, 0.15) is 0 Å². The second kappa shape index (κ2) is 5.86.